The number of nitrogens with zero attached hydrogens (tertiary/aromatic N) is 5. The molecule has 0 saturated heterocycles. The van der Waals surface area contributed by atoms with Gasteiger partial charge in [0.15, 0.2) is 10.8 Å². The van der Waals surface area contributed by atoms with Gasteiger partial charge >= 0.3 is 0 Å². The fourth-order valence-electron chi connectivity index (χ4n) is 3.31. The van der Waals surface area contributed by atoms with Crippen molar-refractivity contribution in [2.24, 2.45) is 10.2 Å². The Morgan fingerprint density at radius 2 is 1.60 bits per heavy atom. The molecule has 0 unspecified atom stereocenters. The first-order valence-electron chi connectivity index (χ1n) is 9.51. The largest absolute Gasteiger partial charge is 0.268 e. The second kappa shape index (κ2) is 8.20. The first-order valence-corrected chi connectivity index (χ1v) is 10.7. The van der Waals surface area contributed by atoms with Gasteiger partial charge in [0, 0.05) is 0 Å². The summed E-state index contributed by atoms with van der Waals surface area (Å²) in [5.74, 6) is 0. The summed E-state index contributed by atoms with van der Waals surface area (Å²) in [6.45, 7) is 5.75. The molecule has 4 aromatic rings. The molecule has 150 valence electrons. The van der Waals surface area contributed by atoms with Gasteiger partial charge in [-0.1, -0.05) is 47.7 Å². The minimum Gasteiger partial charge on any atom is -0.268 e. The average molecular weight is 416 g/mol. The molecule has 0 saturated carbocycles. The van der Waals surface area contributed by atoms with E-state index in [-0.39, 0.29) is 5.56 Å². The molecule has 2 heterocycles. The molecule has 0 radical (unpaired) electrons. The van der Waals surface area contributed by atoms with Gasteiger partial charge in [-0.3, -0.25) is 9.36 Å². The van der Waals surface area contributed by atoms with Crippen molar-refractivity contribution >= 4 is 34.2 Å². The van der Waals surface area contributed by atoms with Crippen LogP contribution in [0.1, 0.15) is 16.8 Å². The van der Waals surface area contributed by atoms with Gasteiger partial charge in [-0.25, -0.2) is 9.97 Å². The Labute approximate surface area is 178 Å². The Kier molecular flexibility index (Phi) is 5.46. The van der Waals surface area contributed by atoms with Gasteiger partial charge in [0.25, 0.3) is 5.56 Å². The normalized spacial score (nSPS) is 11.5. The molecule has 0 bridgehead atoms. The Hall–Kier alpha value is -3.32. The summed E-state index contributed by atoms with van der Waals surface area (Å²) >= 11 is 1.42. The Bertz CT molecular complexity index is 1310. The molecule has 2 aromatic heterocycles. The minimum absolute atomic E-state index is 0.158. The zero-order valence-corrected chi connectivity index (χ0v) is 18.1. The standard InChI is InChI=1S/C23H21N5OS/c1-14-10-12-18(13-11-14)28-22(29)19-15(2)20(27-26-17-8-6-5-7-9-17)16(3)24-21(19)25-23(28)30-4/h5-13H,1-4H3. The number of hydrogen-bond acceptors (Lipinski definition) is 6. The average Bonchev–Trinajstić information content (AvgIpc) is 2.74. The molecule has 6 nitrogen and oxygen atoms in total. The topological polar surface area (TPSA) is 72.5 Å². The van der Waals surface area contributed by atoms with Gasteiger partial charge in [0.1, 0.15) is 5.69 Å². The van der Waals surface area contributed by atoms with E-state index in [9.17, 15) is 4.79 Å². The summed E-state index contributed by atoms with van der Waals surface area (Å²) in [4.78, 5) is 22.8. The third kappa shape index (κ3) is 3.64. The maximum absolute atomic E-state index is 13.5. The van der Waals surface area contributed by atoms with Crippen LogP contribution in [0.3, 0.4) is 0 Å². The zero-order chi connectivity index (χ0) is 21.3. The van der Waals surface area contributed by atoms with Crippen LogP contribution >= 0.6 is 11.8 Å². The summed E-state index contributed by atoms with van der Waals surface area (Å²) in [5.41, 5.74) is 4.92. The number of rotatable bonds is 4. The van der Waals surface area contributed by atoms with Crippen molar-refractivity contribution in [3.05, 3.63) is 81.8 Å². The minimum atomic E-state index is -0.158. The van der Waals surface area contributed by atoms with Crippen LogP contribution in [0.15, 0.2) is 74.8 Å². The quantitative estimate of drug-likeness (QED) is 0.238. The van der Waals surface area contributed by atoms with E-state index in [2.05, 4.69) is 20.2 Å². The van der Waals surface area contributed by atoms with Crippen LogP contribution in [0.25, 0.3) is 16.7 Å². The van der Waals surface area contributed by atoms with Crippen molar-refractivity contribution in [2.75, 3.05) is 6.26 Å². The van der Waals surface area contributed by atoms with E-state index in [1.54, 1.807) is 4.57 Å². The fraction of sp³-hybridized carbons (Fsp3) is 0.174. The molecule has 4 rings (SSSR count). The highest BCUT2D eigenvalue weighted by molar-refractivity contribution is 7.98. The molecular weight excluding hydrogens is 394 g/mol. The summed E-state index contributed by atoms with van der Waals surface area (Å²) in [6, 6.07) is 17.3. The SMILES string of the molecule is CSc1nc2nc(C)c(N=Nc3ccccc3)c(C)c2c(=O)n1-c1ccc(C)cc1. The number of fused-ring (bicyclic) bond motifs is 1. The molecule has 0 spiro atoms. The van der Waals surface area contributed by atoms with Gasteiger partial charge < -0.3 is 0 Å². The highest BCUT2D eigenvalue weighted by Crippen LogP contribution is 2.30. The summed E-state index contributed by atoms with van der Waals surface area (Å²) in [6.07, 6.45) is 1.90. The second-order valence-corrected chi connectivity index (χ2v) is 7.75. The number of azo groups is 1. The molecule has 2 aromatic carbocycles. The molecule has 0 atom stereocenters. The molecule has 0 N–H and O–H groups in total. The number of aryl methyl sites for hydroxylation is 3. The van der Waals surface area contributed by atoms with E-state index >= 15 is 0 Å². The highest BCUT2D eigenvalue weighted by atomic mass is 32.2. The predicted molar refractivity (Wildman–Crippen MR) is 122 cm³/mol. The number of hydrogen-bond donors (Lipinski definition) is 0. The Balaban J connectivity index is 1.96. The van der Waals surface area contributed by atoms with E-state index in [0.717, 1.165) is 22.5 Å². The first-order chi connectivity index (χ1) is 14.5. The zero-order valence-electron chi connectivity index (χ0n) is 17.2. The number of thioether (sulfide) groups is 1. The van der Waals surface area contributed by atoms with Crippen molar-refractivity contribution in [2.45, 2.75) is 25.9 Å². The second-order valence-electron chi connectivity index (χ2n) is 6.98. The lowest BCUT2D eigenvalue weighted by Gasteiger charge is -2.14. The van der Waals surface area contributed by atoms with Crippen molar-refractivity contribution in [1.29, 1.82) is 0 Å². The van der Waals surface area contributed by atoms with E-state index in [4.69, 9.17) is 0 Å². The molecule has 0 aliphatic carbocycles. The van der Waals surface area contributed by atoms with Crippen LogP contribution in [-0.2, 0) is 0 Å². The molecular formula is C23H21N5OS. The van der Waals surface area contributed by atoms with Crippen molar-refractivity contribution in [3.8, 4) is 5.69 Å². The smallest absolute Gasteiger partial charge is 0.268 e. The maximum Gasteiger partial charge on any atom is 0.268 e. The summed E-state index contributed by atoms with van der Waals surface area (Å²) in [7, 11) is 0. The predicted octanol–water partition coefficient (Wildman–Crippen LogP) is 5.84. The fourth-order valence-corrected chi connectivity index (χ4v) is 3.86. The molecule has 0 aliphatic rings. The Morgan fingerprint density at radius 3 is 2.27 bits per heavy atom. The van der Waals surface area contributed by atoms with Crippen LogP contribution in [-0.4, -0.2) is 20.8 Å². The molecule has 0 fully saturated rings. The molecule has 0 aliphatic heterocycles. The summed E-state index contributed by atoms with van der Waals surface area (Å²) < 4.78 is 1.63. The Morgan fingerprint density at radius 1 is 0.900 bits per heavy atom. The molecule has 30 heavy (non-hydrogen) atoms. The van der Waals surface area contributed by atoms with Crippen molar-refractivity contribution < 1.29 is 0 Å². The van der Waals surface area contributed by atoms with Gasteiger partial charge in [0.2, 0.25) is 0 Å². The molecule has 7 heteroatoms. The van der Waals surface area contributed by atoms with E-state index in [1.807, 2.05) is 81.6 Å². The molecule has 0 amide bonds. The van der Waals surface area contributed by atoms with Crippen LogP contribution in [0.5, 0.6) is 0 Å². The van der Waals surface area contributed by atoms with Gasteiger partial charge in [-0.2, -0.15) is 5.11 Å². The third-order valence-corrected chi connectivity index (χ3v) is 5.52. The van der Waals surface area contributed by atoms with Gasteiger partial charge in [-0.05, 0) is 56.9 Å². The number of aromatic nitrogens is 3. The number of pyridine rings is 1. The lowest BCUT2D eigenvalue weighted by molar-refractivity contribution is 0.814. The third-order valence-electron chi connectivity index (χ3n) is 4.88. The lowest BCUT2D eigenvalue weighted by atomic mass is 10.1. The van der Waals surface area contributed by atoms with E-state index < -0.39 is 0 Å². The van der Waals surface area contributed by atoms with Gasteiger partial charge in [-0.15, -0.1) is 5.11 Å². The van der Waals surface area contributed by atoms with Crippen LogP contribution in [0, 0.1) is 20.8 Å². The van der Waals surface area contributed by atoms with Crippen molar-refractivity contribution in [3.63, 3.8) is 0 Å². The van der Waals surface area contributed by atoms with E-state index in [0.29, 0.717) is 27.6 Å². The highest BCUT2D eigenvalue weighted by Gasteiger charge is 2.18. The lowest BCUT2D eigenvalue weighted by Crippen LogP contribution is -2.23. The van der Waals surface area contributed by atoms with Crippen LogP contribution in [0.4, 0.5) is 11.4 Å². The first kappa shape index (κ1) is 20.0. The number of benzene rings is 2. The maximum atomic E-state index is 13.5. The summed E-state index contributed by atoms with van der Waals surface area (Å²) in [5, 5.41) is 9.77. The van der Waals surface area contributed by atoms with Crippen LogP contribution < -0.4 is 5.56 Å². The monoisotopic (exact) mass is 415 g/mol. The van der Waals surface area contributed by atoms with Crippen molar-refractivity contribution in [1.82, 2.24) is 14.5 Å². The van der Waals surface area contributed by atoms with Gasteiger partial charge in [0.05, 0.1) is 22.5 Å². The van der Waals surface area contributed by atoms with E-state index in [1.165, 1.54) is 11.8 Å². The van der Waals surface area contributed by atoms with Crippen LogP contribution in [0.2, 0.25) is 0 Å².